The van der Waals surface area contributed by atoms with Crippen LogP contribution in [0.2, 0.25) is 0 Å². The van der Waals surface area contributed by atoms with Gasteiger partial charge in [0.05, 0.1) is 23.5 Å². The summed E-state index contributed by atoms with van der Waals surface area (Å²) in [6, 6.07) is 0. The van der Waals surface area contributed by atoms with Crippen molar-refractivity contribution in [2.45, 2.75) is 85.9 Å². The zero-order chi connectivity index (χ0) is 29.5. The number of Topliss-reactive ketones (excluding diaryl/α,β-unsaturated/α-hetero) is 4. The predicted octanol–water partition coefficient (Wildman–Crippen LogP) is 2.20. The monoisotopic (exact) mass is 544 g/mol. The fourth-order valence-electron chi connectivity index (χ4n) is 8.51. The summed E-state index contributed by atoms with van der Waals surface area (Å²) in [5, 5.41) is 42.0. The zero-order valence-corrected chi connectivity index (χ0v) is 23.5. The third kappa shape index (κ3) is 3.65. The molecule has 0 aromatic heterocycles. The first-order valence-electron chi connectivity index (χ1n) is 13.7. The lowest BCUT2D eigenvalue weighted by Gasteiger charge is -2.59. The molecule has 0 aromatic carbocycles. The average molecular weight is 545 g/mol. The molecule has 0 saturated heterocycles. The van der Waals surface area contributed by atoms with Gasteiger partial charge in [-0.25, -0.2) is 4.79 Å². The van der Waals surface area contributed by atoms with Crippen LogP contribution in [0.25, 0.3) is 0 Å². The summed E-state index contributed by atoms with van der Waals surface area (Å²) in [6.07, 6.45) is -1.05. The lowest BCUT2D eigenvalue weighted by molar-refractivity contribution is -0.161. The van der Waals surface area contributed by atoms with Gasteiger partial charge in [-0.2, -0.15) is 0 Å². The van der Waals surface area contributed by atoms with E-state index in [-0.39, 0.29) is 60.4 Å². The van der Waals surface area contributed by atoms with Gasteiger partial charge in [-0.1, -0.05) is 33.8 Å². The SMILES string of the molecule is CC(=CCC(O)C(C)C1CC(=O)C2(C)C3=C(C(=O)C(O)C12C)C1(C)CCC(=O)C(C)(CO)C1CC3=O)C(=O)O. The van der Waals surface area contributed by atoms with Crippen molar-refractivity contribution in [2.75, 3.05) is 6.61 Å². The minimum absolute atomic E-state index is 0.0151. The van der Waals surface area contributed by atoms with Crippen LogP contribution in [0, 0.1) is 39.4 Å². The van der Waals surface area contributed by atoms with Crippen molar-refractivity contribution in [3.05, 3.63) is 22.8 Å². The maximum Gasteiger partial charge on any atom is 0.330 e. The molecule has 0 bridgehead atoms. The van der Waals surface area contributed by atoms with Crippen LogP contribution < -0.4 is 0 Å². The van der Waals surface area contributed by atoms with Crippen LogP contribution in [0.4, 0.5) is 0 Å². The molecule has 9 nitrogen and oxygen atoms in total. The molecule has 0 aliphatic heterocycles. The van der Waals surface area contributed by atoms with E-state index in [0.717, 1.165) is 0 Å². The number of carboxylic acid groups (broad SMARTS) is 1. The Morgan fingerprint density at radius 2 is 1.67 bits per heavy atom. The number of carbonyl (C=O) groups is 5. The molecule has 2 saturated carbocycles. The summed E-state index contributed by atoms with van der Waals surface area (Å²) in [5.74, 6) is -4.54. The largest absolute Gasteiger partial charge is 0.478 e. The highest BCUT2D eigenvalue weighted by Crippen LogP contribution is 2.69. The molecule has 0 radical (unpaired) electrons. The van der Waals surface area contributed by atoms with Gasteiger partial charge in [0, 0.05) is 46.8 Å². The molecule has 9 atom stereocenters. The Balaban J connectivity index is 1.85. The van der Waals surface area contributed by atoms with Gasteiger partial charge >= 0.3 is 5.97 Å². The minimum Gasteiger partial charge on any atom is -0.478 e. The van der Waals surface area contributed by atoms with Crippen LogP contribution in [0.1, 0.15) is 73.6 Å². The Morgan fingerprint density at radius 3 is 2.23 bits per heavy atom. The zero-order valence-electron chi connectivity index (χ0n) is 23.5. The second-order valence-electron chi connectivity index (χ2n) is 13.1. The van der Waals surface area contributed by atoms with Gasteiger partial charge in [0.25, 0.3) is 0 Å². The predicted molar refractivity (Wildman–Crippen MR) is 139 cm³/mol. The number of fused-ring (bicyclic) bond motifs is 4. The van der Waals surface area contributed by atoms with Crippen LogP contribution in [0.15, 0.2) is 22.8 Å². The van der Waals surface area contributed by atoms with Crippen LogP contribution in [-0.4, -0.2) is 68.3 Å². The van der Waals surface area contributed by atoms with E-state index in [1.807, 2.05) is 0 Å². The number of hydrogen-bond acceptors (Lipinski definition) is 8. The minimum atomic E-state index is -1.63. The molecule has 9 heteroatoms. The molecule has 0 aromatic rings. The van der Waals surface area contributed by atoms with Crippen LogP contribution in [0.3, 0.4) is 0 Å². The van der Waals surface area contributed by atoms with Crippen LogP contribution >= 0.6 is 0 Å². The van der Waals surface area contributed by atoms with Crippen molar-refractivity contribution in [1.29, 1.82) is 0 Å². The van der Waals surface area contributed by atoms with Crippen molar-refractivity contribution in [2.24, 2.45) is 39.4 Å². The number of aliphatic carboxylic acids is 1. The summed E-state index contributed by atoms with van der Waals surface area (Å²) in [6.45, 7) is 9.33. The molecule has 214 valence electrons. The van der Waals surface area contributed by atoms with Gasteiger partial charge < -0.3 is 20.4 Å². The van der Waals surface area contributed by atoms with E-state index in [0.29, 0.717) is 0 Å². The number of aliphatic hydroxyl groups excluding tert-OH is 3. The van der Waals surface area contributed by atoms with Crippen molar-refractivity contribution in [3.8, 4) is 0 Å². The van der Waals surface area contributed by atoms with Gasteiger partial charge in [0.1, 0.15) is 17.7 Å². The lowest BCUT2D eigenvalue weighted by atomic mass is 9.42. The summed E-state index contributed by atoms with van der Waals surface area (Å²) >= 11 is 0. The number of carboxylic acids is 1. The van der Waals surface area contributed by atoms with E-state index in [1.165, 1.54) is 13.0 Å². The Bertz CT molecular complexity index is 1230. The van der Waals surface area contributed by atoms with Gasteiger partial charge in [-0.15, -0.1) is 0 Å². The van der Waals surface area contributed by atoms with Gasteiger partial charge in [0.15, 0.2) is 11.6 Å². The van der Waals surface area contributed by atoms with Crippen LogP contribution in [-0.2, 0) is 24.0 Å². The molecule has 4 N–H and O–H groups in total. The maximum absolute atomic E-state index is 14.1. The molecular formula is C30H40O9. The maximum atomic E-state index is 14.1. The molecule has 0 amide bonds. The number of ketones is 4. The molecular weight excluding hydrogens is 504 g/mol. The van der Waals surface area contributed by atoms with E-state index in [1.54, 1.807) is 34.6 Å². The van der Waals surface area contributed by atoms with Gasteiger partial charge in [-0.3, -0.25) is 19.2 Å². The molecule has 0 heterocycles. The first-order chi connectivity index (χ1) is 17.9. The Hall–Kier alpha value is -2.49. The van der Waals surface area contributed by atoms with Crippen molar-refractivity contribution in [3.63, 3.8) is 0 Å². The Morgan fingerprint density at radius 1 is 1.05 bits per heavy atom. The smallest absolute Gasteiger partial charge is 0.330 e. The van der Waals surface area contributed by atoms with Gasteiger partial charge in [-0.05, 0) is 44.4 Å². The first-order valence-corrected chi connectivity index (χ1v) is 13.7. The highest BCUT2D eigenvalue weighted by molar-refractivity contribution is 6.18. The summed E-state index contributed by atoms with van der Waals surface area (Å²) in [5.41, 5.74) is -4.80. The molecule has 4 aliphatic rings. The standard InChI is InChI=1S/C30H40O9/c1-14(26(38)39)7-8-17(32)15(2)16-11-21(35)30(6)22-18(33)12-19-27(3,10-9-20(34)28(19,4)13-31)23(22)24(36)25(37)29(16,30)5/h7,15-17,19,25,31-32,37H,8-13H2,1-6H3,(H,38,39). The van der Waals surface area contributed by atoms with Gasteiger partial charge in [0.2, 0.25) is 0 Å². The Kier molecular flexibility index (Phi) is 7.02. The van der Waals surface area contributed by atoms with E-state index >= 15 is 0 Å². The number of hydrogen-bond donors (Lipinski definition) is 4. The second kappa shape index (κ2) is 9.28. The van der Waals surface area contributed by atoms with E-state index < -0.39 is 75.8 Å². The van der Waals surface area contributed by atoms with E-state index in [9.17, 15) is 39.3 Å². The molecule has 4 aliphatic carbocycles. The fraction of sp³-hybridized carbons (Fsp3) is 0.700. The topological polar surface area (TPSA) is 166 Å². The van der Waals surface area contributed by atoms with E-state index in [4.69, 9.17) is 5.11 Å². The molecule has 2 fully saturated rings. The van der Waals surface area contributed by atoms with E-state index in [2.05, 4.69) is 0 Å². The fourth-order valence-corrected chi connectivity index (χ4v) is 8.51. The van der Waals surface area contributed by atoms with Crippen LogP contribution in [0.5, 0.6) is 0 Å². The number of rotatable bonds is 6. The lowest BCUT2D eigenvalue weighted by Crippen LogP contribution is -2.64. The second-order valence-corrected chi connectivity index (χ2v) is 13.1. The normalized spacial score (nSPS) is 42.2. The third-order valence-electron chi connectivity index (χ3n) is 11.5. The molecule has 4 rings (SSSR count). The van der Waals surface area contributed by atoms with Crippen molar-refractivity contribution in [1.82, 2.24) is 0 Å². The number of carbonyl (C=O) groups excluding carboxylic acids is 4. The Labute approximate surface area is 228 Å². The highest BCUT2D eigenvalue weighted by Gasteiger charge is 2.74. The molecule has 39 heavy (non-hydrogen) atoms. The number of allylic oxidation sites excluding steroid dienone is 1. The first kappa shape index (κ1) is 29.5. The summed E-state index contributed by atoms with van der Waals surface area (Å²) < 4.78 is 0. The van der Waals surface area contributed by atoms with Crippen molar-refractivity contribution < 1.29 is 44.4 Å². The molecule has 0 spiro atoms. The third-order valence-corrected chi connectivity index (χ3v) is 11.5. The molecule has 9 unspecified atom stereocenters. The number of aliphatic hydroxyl groups is 3. The summed E-state index contributed by atoms with van der Waals surface area (Å²) in [4.78, 5) is 66.0. The summed E-state index contributed by atoms with van der Waals surface area (Å²) in [7, 11) is 0. The average Bonchev–Trinajstić information content (AvgIpc) is 3.10. The quantitative estimate of drug-likeness (QED) is 0.367. The van der Waals surface area contributed by atoms with Crippen molar-refractivity contribution >= 4 is 29.1 Å². The highest BCUT2D eigenvalue weighted by atomic mass is 16.4.